The molecule has 1 amide bonds. The molecule has 1 heterocycles. The number of nitrogens with zero attached hydrogens (tertiary/aromatic N) is 3. The SMILES string of the molecule is CC1=NN(c2ccc(Cl)cc2)C(=O)C1C=Nc1ccc(O)cc1. The third kappa shape index (κ3) is 3.24. The van der Waals surface area contributed by atoms with Crippen molar-refractivity contribution in [2.45, 2.75) is 6.92 Å². The number of aliphatic imine (C=N–C) groups is 1. The number of anilines is 1. The number of hydrogen-bond acceptors (Lipinski definition) is 4. The minimum absolute atomic E-state index is 0.160. The van der Waals surface area contributed by atoms with E-state index in [-0.39, 0.29) is 11.7 Å². The zero-order valence-electron chi connectivity index (χ0n) is 12.3. The summed E-state index contributed by atoms with van der Waals surface area (Å²) in [7, 11) is 0. The Morgan fingerprint density at radius 3 is 2.48 bits per heavy atom. The highest BCUT2D eigenvalue weighted by atomic mass is 35.5. The summed E-state index contributed by atoms with van der Waals surface area (Å²) in [6.07, 6.45) is 1.57. The normalized spacial score (nSPS) is 17.8. The summed E-state index contributed by atoms with van der Waals surface area (Å²) in [5.74, 6) is -0.487. The molecule has 116 valence electrons. The molecule has 0 saturated carbocycles. The van der Waals surface area contributed by atoms with E-state index >= 15 is 0 Å². The van der Waals surface area contributed by atoms with Crippen LogP contribution in [0.1, 0.15) is 6.92 Å². The van der Waals surface area contributed by atoms with E-state index in [4.69, 9.17) is 11.6 Å². The van der Waals surface area contributed by atoms with Crippen molar-refractivity contribution in [2.24, 2.45) is 16.0 Å². The molecule has 2 aromatic carbocycles. The smallest absolute Gasteiger partial charge is 0.261 e. The van der Waals surface area contributed by atoms with Gasteiger partial charge in [0.2, 0.25) is 0 Å². The Balaban J connectivity index is 1.79. The van der Waals surface area contributed by atoms with Gasteiger partial charge in [-0.3, -0.25) is 9.79 Å². The van der Waals surface area contributed by atoms with E-state index in [0.29, 0.717) is 22.1 Å². The van der Waals surface area contributed by atoms with Crippen LogP contribution in [0, 0.1) is 5.92 Å². The molecule has 5 nitrogen and oxygen atoms in total. The molecule has 1 N–H and O–H groups in total. The fraction of sp³-hybridized carbons (Fsp3) is 0.118. The molecule has 1 aliphatic heterocycles. The van der Waals surface area contributed by atoms with Gasteiger partial charge < -0.3 is 5.11 Å². The summed E-state index contributed by atoms with van der Waals surface area (Å²) >= 11 is 5.86. The minimum Gasteiger partial charge on any atom is -0.508 e. The Bertz CT molecular complexity index is 782. The Morgan fingerprint density at radius 2 is 1.83 bits per heavy atom. The highest BCUT2D eigenvalue weighted by Crippen LogP contribution is 2.25. The zero-order valence-corrected chi connectivity index (χ0v) is 13.1. The molecule has 1 aliphatic rings. The van der Waals surface area contributed by atoms with Gasteiger partial charge in [0, 0.05) is 11.2 Å². The van der Waals surface area contributed by atoms with E-state index in [1.807, 2.05) is 0 Å². The summed E-state index contributed by atoms with van der Waals surface area (Å²) in [6.45, 7) is 1.79. The Kier molecular flexibility index (Phi) is 4.12. The highest BCUT2D eigenvalue weighted by Gasteiger charge is 2.33. The topological polar surface area (TPSA) is 65.3 Å². The van der Waals surface area contributed by atoms with Crippen LogP contribution in [-0.2, 0) is 4.79 Å². The van der Waals surface area contributed by atoms with Gasteiger partial charge in [0.05, 0.1) is 17.1 Å². The average Bonchev–Trinajstić information content (AvgIpc) is 2.82. The first-order valence-corrected chi connectivity index (χ1v) is 7.40. The van der Waals surface area contributed by atoms with Crippen LogP contribution in [0.15, 0.2) is 58.6 Å². The van der Waals surface area contributed by atoms with Crippen molar-refractivity contribution >= 4 is 40.8 Å². The second-order valence-electron chi connectivity index (χ2n) is 5.14. The summed E-state index contributed by atoms with van der Waals surface area (Å²) in [6, 6.07) is 13.4. The van der Waals surface area contributed by atoms with Crippen LogP contribution < -0.4 is 5.01 Å². The number of hydrazone groups is 1. The van der Waals surface area contributed by atoms with Crippen molar-refractivity contribution in [1.82, 2.24) is 0 Å². The Hall–Kier alpha value is -2.66. The molecule has 23 heavy (non-hydrogen) atoms. The number of amides is 1. The maximum Gasteiger partial charge on any atom is 0.261 e. The van der Waals surface area contributed by atoms with Crippen LogP contribution in [0.4, 0.5) is 11.4 Å². The van der Waals surface area contributed by atoms with Gasteiger partial charge in [-0.25, -0.2) is 0 Å². The second kappa shape index (κ2) is 6.22. The van der Waals surface area contributed by atoms with Crippen molar-refractivity contribution in [3.8, 4) is 5.75 Å². The predicted octanol–water partition coefficient (Wildman–Crippen LogP) is 3.79. The van der Waals surface area contributed by atoms with Gasteiger partial charge in [0.1, 0.15) is 11.7 Å². The van der Waals surface area contributed by atoms with Gasteiger partial charge in [-0.2, -0.15) is 10.1 Å². The number of phenolic OH excluding ortho intramolecular Hbond substituents is 1. The fourth-order valence-electron chi connectivity index (χ4n) is 2.22. The summed E-state index contributed by atoms with van der Waals surface area (Å²) in [5.41, 5.74) is 2.00. The van der Waals surface area contributed by atoms with E-state index in [1.165, 1.54) is 5.01 Å². The third-order valence-electron chi connectivity index (χ3n) is 3.48. The number of rotatable bonds is 3. The standard InChI is InChI=1S/C17H14ClN3O2/c1-11-16(10-19-13-4-8-15(22)9-5-13)17(23)21(20-11)14-6-2-12(18)3-7-14/h2-10,16,22H,1H3. The van der Waals surface area contributed by atoms with Gasteiger partial charge in [0.25, 0.3) is 5.91 Å². The van der Waals surface area contributed by atoms with E-state index < -0.39 is 5.92 Å². The van der Waals surface area contributed by atoms with Gasteiger partial charge in [-0.05, 0) is 55.5 Å². The number of carbonyl (C=O) groups excluding carboxylic acids is 1. The van der Waals surface area contributed by atoms with E-state index in [1.54, 1.807) is 61.7 Å². The molecule has 3 rings (SSSR count). The van der Waals surface area contributed by atoms with Crippen molar-refractivity contribution in [3.63, 3.8) is 0 Å². The molecule has 0 aliphatic carbocycles. The third-order valence-corrected chi connectivity index (χ3v) is 3.73. The molecule has 0 aromatic heterocycles. The van der Waals surface area contributed by atoms with Crippen LogP contribution in [-0.4, -0.2) is 22.9 Å². The molecule has 0 spiro atoms. The molecule has 0 fully saturated rings. The van der Waals surface area contributed by atoms with Gasteiger partial charge >= 0.3 is 0 Å². The first-order valence-electron chi connectivity index (χ1n) is 7.02. The Morgan fingerprint density at radius 1 is 1.17 bits per heavy atom. The monoisotopic (exact) mass is 327 g/mol. The fourth-order valence-corrected chi connectivity index (χ4v) is 2.34. The maximum absolute atomic E-state index is 12.5. The van der Waals surface area contributed by atoms with Gasteiger partial charge in [0.15, 0.2) is 0 Å². The van der Waals surface area contributed by atoms with Gasteiger partial charge in [-0.15, -0.1) is 0 Å². The number of benzene rings is 2. The summed E-state index contributed by atoms with van der Waals surface area (Å²) in [4.78, 5) is 16.8. The van der Waals surface area contributed by atoms with E-state index in [9.17, 15) is 9.90 Å². The van der Waals surface area contributed by atoms with Crippen LogP contribution >= 0.6 is 11.6 Å². The average molecular weight is 328 g/mol. The van der Waals surface area contributed by atoms with Crippen molar-refractivity contribution in [1.29, 1.82) is 0 Å². The molecular formula is C17H14ClN3O2. The number of carbonyl (C=O) groups is 1. The van der Waals surface area contributed by atoms with Crippen LogP contribution in [0.3, 0.4) is 0 Å². The molecular weight excluding hydrogens is 314 g/mol. The highest BCUT2D eigenvalue weighted by molar-refractivity contribution is 6.30. The molecule has 1 atom stereocenters. The molecule has 6 heteroatoms. The largest absolute Gasteiger partial charge is 0.508 e. The lowest BCUT2D eigenvalue weighted by atomic mass is 10.1. The summed E-state index contributed by atoms with van der Waals surface area (Å²) in [5, 5.41) is 15.5. The molecule has 0 bridgehead atoms. The molecule has 0 radical (unpaired) electrons. The van der Waals surface area contributed by atoms with Crippen molar-refractivity contribution in [2.75, 3.05) is 5.01 Å². The lowest BCUT2D eigenvalue weighted by Crippen LogP contribution is -2.27. The summed E-state index contributed by atoms with van der Waals surface area (Å²) < 4.78 is 0. The second-order valence-corrected chi connectivity index (χ2v) is 5.58. The van der Waals surface area contributed by atoms with Crippen molar-refractivity contribution in [3.05, 3.63) is 53.6 Å². The minimum atomic E-state index is -0.500. The van der Waals surface area contributed by atoms with Crippen LogP contribution in [0.25, 0.3) is 0 Å². The van der Waals surface area contributed by atoms with Gasteiger partial charge in [-0.1, -0.05) is 11.6 Å². The quantitative estimate of drug-likeness (QED) is 0.872. The number of aromatic hydroxyl groups is 1. The predicted molar refractivity (Wildman–Crippen MR) is 91.8 cm³/mol. The maximum atomic E-state index is 12.5. The Labute approximate surface area is 138 Å². The number of hydrogen-bond donors (Lipinski definition) is 1. The lowest BCUT2D eigenvalue weighted by Gasteiger charge is -2.12. The molecule has 0 saturated heterocycles. The first-order chi connectivity index (χ1) is 11.0. The lowest BCUT2D eigenvalue weighted by molar-refractivity contribution is -0.118. The first kappa shape index (κ1) is 15.2. The van der Waals surface area contributed by atoms with E-state index in [0.717, 1.165) is 0 Å². The van der Waals surface area contributed by atoms with Crippen LogP contribution in [0.2, 0.25) is 5.02 Å². The van der Waals surface area contributed by atoms with Crippen molar-refractivity contribution < 1.29 is 9.90 Å². The number of halogens is 1. The number of phenols is 1. The van der Waals surface area contributed by atoms with E-state index in [2.05, 4.69) is 10.1 Å². The molecule has 1 unspecified atom stereocenters. The zero-order chi connectivity index (χ0) is 16.4. The molecule has 2 aromatic rings. The van der Waals surface area contributed by atoms with Crippen LogP contribution in [0.5, 0.6) is 5.75 Å².